The minimum absolute atomic E-state index is 0.325. The number of fused-ring (bicyclic) bond motifs is 2. The zero-order chi connectivity index (χ0) is 24.9. The molecular weight excluding hydrogens is 467 g/mol. The van der Waals surface area contributed by atoms with Crippen LogP contribution in [0, 0.1) is 0 Å². The van der Waals surface area contributed by atoms with Crippen molar-refractivity contribution in [2.24, 2.45) is 0 Å². The van der Waals surface area contributed by atoms with Gasteiger partial charge >= 0.3 is 6.18 Å². The summed E-state index contributed by atoms with van der Waals surface area (Å²) in [4.78, 5) is 15.9. The minimum Gasteiger partial charge on any atom is -0.354 e. The molecule has 2 aromatic heterocycles. The number of alkyl halides is 3. The SMILES string of the molecule is C[C@H](Nc1nccc(-n2cnc3cc(N4CNC5CCCC54)ccc32)n1)c1cccc(C(F)(F)F)c1. The standard InChI is InChI=1S/C26H26F3N7/c1-16(17-4-2-5-18(12-17)26(27,28)29)33-25-30-11-10-24(34-25)36-15-32-21-13-19(8-9-23(21)36)35-14-31-20-6-3-7-22(20)35/h2,4-5,8-13,15-16,20,22,31H,3,6-7,14H2,1H3,(H,30,33,34)/t16-,20?,22?/m0/s1. The van der Waals surface area contributed by atoms with Gasteiger partial charge in [0.05, 0.1) is 29.3 Å². The summed E-state index contributed by atoms with van der Waals surface area (Å²) in [5.74, 6) is 0.948. The Kier molecular flexibility index (Phi) is 5.55. The zero-order valence-electron chi connectivity index (χ0n) is 19.7. The lowest BCUT2D eigenvalue weighted by Gasteiger charge is -2.24. The summed E-state index contributed by atoms with van der Waals surface area (Å²) in [5, 5.41) is 6.73. The van der Waals surface area contributed by atoms with E-state index < -0.39 is 17.8 Å². The van der Waals surface area contributed by atoms with E-state index in [9.17, 15) is 13.2 Å². The van der Waals surface area contributed by atoms with Crippen LogP contribution >= 0.6 is 0 Å². The molecule has 2 aromatic carbocycles. The first-order valence-corrected chi connectivity index (χ1v) is 12.1. The van der Waals surface area contributed by atoms with Gasteiger partial charge in [0.15, 0.2) is 0 Å². The maximum atomic E-state index is 13.1. The third-order valence-electron chi connectivity index (χ3n) is 7.21. The van der Waals surface area contributed by atoms with Gasteiger partial charge in [0, 0.05) is 24.0 Å². The number of nitrogens with zero attached hydrogens (tertiary/aromatic N) is 5. The lowest BCUT2D eigenvalue weighted by atomic mass is 10.1. The van der Waals surface area contributed by atoms with Crippen molar-refractivity contribution in [2.75, 3.05) is 16.9 Å². The molecule has 1 aliphatic heterocycles. The van der Waals surface area contributed by atoms with Gasteiger partial charge in [-0.3, -0.25) is 9.88 Å². The van der Waals surface area contributed by atoms with E-state index in [1.54, 1.807) is 31.6 Å². The van der Waals surface area contributed by atoms with E-state index in [-0.39, 0.29) is 0 Å². The Morgan fingerprint density at radius 1 is 1.08 bits per heavy atom. The number of hydrogen-bond donors (Lipinski definition) is 2. The summed E-state index contributed by atoms with van der Waals surface area (Å²) >= 11 is 0. The van der Waals surface area contributed by atoms with Crippen LogP contribution in [0.3, 0.4) is 0 Å². The first-order chi connectivity index (χ1) is 17.4. The molecule has 6 rings (SSSR count). The fourth-order valence-electron chi connectivity index (χ4n) is 5.34. The van der Waals surface area contributed by atoms with Crippen LogP contribution in [0.2, 0.25) is 0 Å². The van der Waals surface area contributed by atoms with E-state index in [0.29, 0.717) is 29.4 Å². The minimum atomic E-state index is -4.39. The molecule has 7 nitrogen and oxygen atoms in total. The van der Waals surface area contributed by atoms with E-state index in [1.807, 2.05) is 4.57 Å². The van der Waals surface area contributed by atoms with Crippen molar-refractivity contribution in [1.82, 2.24) is 24.8 Å². The first-order valence-electron chi connectivity index (χ1n) is 12.1. The van der Waals surface area contributed by atoms with Gasteiger partial charge in [0.2, 0.25) is 5.95 Å². The van der Waals surface area contributed by atoms with Gasteiger partial charge in [0.25, 0.3) is 0 Å². The molecule has 2 unspecified atom stereocenters. The molecule has 36 heavy (non-hydrogen) atoms. The number of nitrogens with one attached hydrogen (secondary N) is 2. The van der Waals surface area contributed by atoms with Crippen LogP contribution < -0.4 is 15.5 Å². The van der Waals surface area contributed by atoms with Crippen LogP contribution in [0.25, 0.3) is 16.9 Å². The van der Waals surface area contributed by atoms with Crippen LogP contribution in [0.15, 0.2) is 61.1 Å². The van der Waals surface area contributed by atoms with Gasteiger partial charge in [-0.1, -0.05) is 12.1 Å². The second kappa shape index (κ2) is 8.77. The molecule has 2 aliphatic rings. The highest BCUT2D eigenvalue weighted by Crippen LogP contribution is 2.34. The Bertz CT molecular complexity index is 1400. The van der Waals surface area contributed by atoms with Crippen molar-refractivity contribution >= 4 is 22.7 Å². The predicted molar refractivity (Wildman–Crippen MR) is 132 cm³/mol. The van der Waals surface area contributed by atoms with E-state index in [0.717, 1.165) is 35.5 Å². The molecule has 2 fully saturated rings. The van der Waals surface area contributed by atoms with Crippen molar-refractivity contribution in [2.45, 2.75) is 50.5 Å². The van der Waals surface area contributed by atoms with E-state index in [4.69, 9.17) is 0 Å². The number of imidazole rings is 1. The highest BCUT2D eigenvalue weighted by molar-refractivity contribution is 5.81. The van der Waals surface area contributed by atoms with Crippen LogP contribution in [0.1, 0.15) is 43.4 Å². The van der Waals surface area contributed by atoms with Gasteiger partial charge in [-0.25, -0.2) is 9.97 Å². The van der Waals surface area contributed by atoms with Gasteiger partial charge in [-0.05, 0) is 68.1 Å². The van der Waals surface area contributed by atoms with Crippen LogP contribution in [-0.2, 0) is 6.18 Å². The average Bonchev–Trinajstić information content (AvgIpc) is 3.59. The normalized spacial score (nSPS) is 20.6. The molecule has 10 heteroatoms. The smallest absolute Gasteiger partial charge is 0.354 e. The lowest BCUT2D eigenvalue weighted by Crippen LogP contribution is -2.31. The molecule has 0 amide bonds. The number of aromatic nitrogens is 4. The highest BCUT2D eigenvalue weighted by atomic mass is 19.4. The highest BCUT2D eigenvalue weighted by Gasteiger charge is 2.37. The Labute approximate surface area is 206 Å². The van der Waals surface area contributed by atoms with Crippen molar-refractivity contribution in [3.8, 4) is 5.82 Å². The topological polar surface area (TPSA) is 70.9 Å². The van der Waals surface area contributed by atoms with Gasteiger partial charge in [-0.15, -0.1) is 0 Å². The summed E-state index contributed by atoms with van der Waals surface area (Å²) in [5.41, 5.74) is 2.78. The van der Waals surface area contributed by atoms with E-state index >= 15 is 0 Å². The molecule has 1 saturated heterocycles. The summed E-state index contributed by atoms with van der Waals surface area (Å²) in [6.07, 6.45) is 2.66. The molecule has 3 atom stereocenters. The van der Waals surface area contributed by atoms with Crippen molar-refractivity contribution < 1.29 is 13.2 Å². The van der Waals surface area contributed by atoms with Crippen LogP contribution in [0.5, 0.6) is 0 Å². The van der Waals surface area contributed by atoms with E-state index in [2.05, 4.69) is 48.7 Å². The average molecular weight is 494 g/mol. The summed E-state index contributed by atoms with van der Waals surface area (Å²) in [7, 11) is 0. The zero-order valence-corrected chi connectivity index (χ0v) is 19.7. The molecule has 0 bridgehead atoms. The molecule has 1 aliphatic carbocycles. The molecule has 2 N–H and O–H groups in total. The number of rotatable bonds is 5. The first kappa shape index (κ1) is 22.8. The summed E-state index contributed by atoms with van der Waals surface area (Å²) in [6, 6.07) is 14.0. The molecule has 3 heterocycles. The second-order valence-corrected chi connectivity index (χ2v) is 9.45. The molecule has 0 radical (unpaired) electrons. The monoisotopic (exact) mass is 493 g/mol. The van der Waals surface area contributed by atoms with Crippen molar-refractivity contribution in [1.29, 1.82) is 0 Å². The van der Waals surface area contributed by atoms with E-state index in [1.165, 1.54) is 25.3 Å². The molecule has 4 aromatic rings. The Morgan fingerprint density at radius 3 is 2.83 bits per heavy atom. The van der Waals surface area contributed by atoms with Gasteiger partial charge < -0.3 is 10.2 Å². The van der Waals surface area contributed by atoms with Gasteiger partial charge in [-0.2, -0.15) is 18.2 Å². The van der Waals surface area contributed by atoms with Gasteiger partial charge in [0.1, 0.15) is 12.1 Å². The fraction of sp³-hybridized carbons (Fsp3) is 0.346. The lowest BCUT2D eigenvalue weighted by molar-refractivity contribution is -0.137. The van der Waals surface area contributed by atoms with Crippen molar-refractivity contribution in [3.63, 3.8) is 0 Å². The van der Waals surface area contributed by atoms with Crippen molar-refractivity contribution in [3.05, 3.63) is 72.2 Å². The van der Waals surface area contributed by atoms with Crippen LogP contribution in [0.4, 0.5) is 24.8 Å². The fourth-order valence-corrected chi connectivity index (χ4v) is 5.34. The molecule has 0 spiro atoms. The second-order valence-electron chi connectivity index (χ2n) is 9.45. The summed E-state index contributed by atoms with van der Waals surface area (Å²) < 4.78 is 41.2. The predicted octanol–water partition coefficient (Wildman–Crippen LogP) is 5.30. The third kappa shape index (κ3) is 4.15. The largest absolute Gasteiger partial charge is 0.416 e. The maximum absolute atomic E-state index is 13.1. The summed E-state index contributed by atoms with van der Waals surface area (Å²) in [6.45, 7) is 2.63. The number of hydrogen-bond acceptors (Lipinski definition) is 6. The Morgan fingerprint density at radius 2 is 1.97 bits per heavy atom. The Balaban J connectivity index is 1.24. The molecule has 186 valence electrons. The third-order valence-corrected chi connectivity index (χ3v) is 7.21. The maximum Gasteiger partial charge on any atom is 0.416 e. The number of halogens is 3. The number of anilines is 2. The quantitative estimate of drug-likeness (QED) is 0.394. The number of benzene rings is 2. The molecular formula is C26H26F3N7. The van der Waals surface area contributed by atoms with Crippen LogP contribution in [-0.4, -0.2) is 38.3 Å². The Hall–Kier alpha value is -3.66. The molecule has 1 saturated carbocycles.